The van der Waals surface area contributed by atoms with Crippen LogP contribution in [0.15, 0.2) is 10.8 Å². The van der Waals surface area contributed by atoms with E-state index < -0.39 is 0 Å². The van der Waals surface area contributed by atoms with Gasteiger partial charge in [0.25, 0.3) is 5.91 Å². The number of hydrogen-bond acceptors (Lipinski definition) is 5. The molecule has 1 atom stereocenters. The SMILES string of the molecule is Cc1ocnc1C(=O)N(CCN1CCCCC1)C[C@@H]1CCCN(C2CCCC2)C1. The summed E-state index contributed by atoms with van der Waals surface area (Å²) in [5.74, 6) is 1.25. The van der Waals surface area contributed by atoms with Gasteiger partial charge in [0.1, 0.15) is 5.76 Å². The Kier molecular flexibility index (Phi) is 7.24. The standard InChI is InChI=1S/C23H38N4O2/c1-19-22(24-18-29-19)23(28)27(15-14-25-11-5-2-6-12-25)17-20-8-7-13-26(16-20)21-9-3-4-10-21/h18,20-21H,2-17H2,1H3/t20-/m1/s1. The number of carbonyl (C=O) groups is 1. The first kappa shape index (κ1) is 20.9. The number of carbonyl (C=O) groups excluding carboxylic acids is 1. The molecule has 6 heteroatoms. The van der Waals surface area contributed by atoms with Gasteiger partial charge in [0.05, 0.1) is 0 Å². The van der Waals surface area contributed by atoms with Crippen molar-refractivity contribution in [2.75, 3.05) is 45.8 Å². The van der Waals surface area contributed by atoms with Gasteiger partial charge in [0.15, 0.2) is 12.1 Å². The Hall–Kier alpha value is -1.40. The molecule has 6 nitrogen and oxygen atoms in total. The Labute approximate surface area is 175 Å². The molecule has 1 aromatic heterocycles. The van der Waals surface area contributed by atoms with Crippen LogP contribution in [0.25, 0.3) is 0 Å². The molecule has 0 aromatic carbocycles. The molecule has 1 saturated carbocycles. The molecular weight excluding hydrogens is 364 g/mol. The highest BCUT2D eigenvalue weighted by atomic mass is 16.3. The van der Waals surface area contributed by atoms with Crippen LogP contribution in [0.2, 0.25) is 0 Å². The second-order valence-electron chi connectivity index (χ2n) is 9.35. The van der Waals surface area contributed by atoms with Crippen molar-refractivity contribution in [2.24, 2.45) is 5.92 Å². The molecule has 0 N–H and O–H groups in total. The Morgan fingerprint density at radius 1 is 1.10 bits per heavy atom. The molecule has 3 fully saturated rings. The molecule has 2 aliphatic heterocycles. The number of likely N-dealkylation sites (tertiary alicyclic amines) is 2. The predicted molar refractivity (Wildman–Crippen MR) is 114 cm³/mol. The fraction of sp³-hybridized carbons (Fsp3) is 0.826. The van der Waals surface area contributed by atoms with E-state index in [4.69, 9.17) is 4.42 Å². The maximum absolute atomic E-state index is 13.3. The van der Waals surface area contributed by atoms with Crippen molar-refractivity contribution in [1.82, 2.24) is 19.7 Å². The van der Waals surface area contributed by atoms with Gasteiger partial charge in [-0.05, 0) is 71.0 Å². The third kappa shape index (κ3) is 5.40. The van der Waals surface area contributed by atoms with E-state index in [0.717, 1.165) is 32.2 Å². The second-order valence-corrected chi connectivity index (χ2v) is 9.35. The minimum absolute atomic E-state index is 0.0475. The Morgan fingerprint density at radius 2 is 1.90 bits per heavy atom. The van der Waals surface area contributed by atoms with Gasteiger partial charge in [-0.25, -0.2) is 4.98 Å². The number of amides is 1. The Morgan fingerprint density at radius 3 is 2.62 bits per heavy atom. The summed E-state index contributed by atoms with van der Waals surface area (Å²) < 4.78 is 5.33. The van der Waals surface area contributed by atoms with E-state index in [1.54, 1.807) is 0 Å². The van der Waals surface area contributed by atoms with Crippen LogP contribution in [-0.4, -0.2) is 77.4 Å². The summed E-state index contributed by atoms with van der Waals surface area (Å²) in [4.78, 5) is 24.8. The van der Waals surface area contributed by atoms with Crippen LogP contribution in [0.4, 0.5) is 0 Å². The van der Waals surface area contributed by atoms with Gasteiger partial charge in [-0.3, -0.25) is 4.79 Å². The fourth-order valence-electron chi connectivity index (χ4n) is 5.54. The lowest BCUT2D eigenvalue weighted by molar-refractivity contribution is 0.0604. The predicted octanol–water partition coefficient (Wildman–Crippen LogP) is 3.57. The molecule has 0 unspecified atom stereocenters. The average Bonchev–Trinajstić information content (AvgIpc) is 3.43. The first-order valence-corrected chi connectivity index (χ1v) is 11.9. The zero-order valence-electron chi connectivity index (χ0n) is 18.2. The van der Waals surface area contributed by atoms with Crippen molar-refractivity contribution >= 4 is 5.91 Å². The van der Waals surface area contributed by atoms with E-state index in [9.17, 15) is 4.79 Å². The zero-order chi connectivity index (χ0) is 20.1. The number of nitrogens with zero attached hydrogens (tertiary/aromatic N) is 4. The maximum atomic E-state index is 13.3. The van der Waals surface area contributed by atoms with Gasteiger partial charge in [-0.15, -0.1) is 0 Å². The minimum Gasteiger partial charge on any atom is -0.448 e. The molecule has 1 aliphatic carbocycles. The summed E-state index contributed by atoms with van der Waals surface area (Å²) in [6, 6.07) is 0.785. The minimum atomic E-state index is 0.0475. The third-order valence-corrected chi connectivity index (χ3v) is 7.24. The van der Waals surface area contributed by atoms with Crippen molar-refractivity contribution in [1.29, 1.82) is 0 Å². The van der Waals surface area contributed by atoms with Crippen LogP contribution in [0, 0.1) is 12.8 Å². The smallest absolute Gasteiger partial charge is 0.276 e. The summed E-state index contributed by atoms with van der Waals surface area (Å²) in [7, 11) is 0. The number of hydrogen-bond donors (Lipinski definition) is 0. The summed E-state index contributed by atoms with van der Waals surface area (Å²) >= 11 is 0. The van der Waals surface area contributed by atoms with Gasteiger partial charge in [-0.2, -0.15) is 0 Å². The normalized spacial score (nSPS) is 24.8. The monoisotopic (exact) mass is 402 g/mol. The molecule has 0 spiro atoms. The molecule has 162 valence electrons. The quantitative estimate of drug-likeness (QED) is 0.698. The summed E-state index contributed by atoms with van der Waals surface area (Å²) in [6.45, 7) is 9.19. The molecule has 3 heterocycles. The fourth-order valence-corrected chi connectivity index (χ4v) is 5.54. The van der Waals surface area contributed by atoms with E-state index >= 15 is 0 Å². The Balaban J connectivity index is 1.39. The van der Waals surface area contributed by atoms with Crippen LogP contribution in [-0.2, 0) is 0 Å². The number of piperidine rings is 2. The van der Waals surface area contributed by atoms with Crippen molar-refractivity contribution in [3.05, 3.63) is 17.8 Å². The van der Waals surface area contributed by atoms with E-state index in [1.807, 2.05) is 6.92 Å². The third-order valence-electron chi connectivity index (χ3n) is 7.24. The molecular formula is C23H38N4O2. The van der Waals surface area contributed by atoms with Crippen LogP contribution in [0.3, 0.4) is 0 Å². The molecule has 4 rings (SSSR count). The molecule has 0 radical (unpaired) electrons. The molecule has 29 heavy (non-hydrogen) atoms. The number of aryl methyl sites for hydroxylation is 1. The highest BCUT2D eigenvalue weighted by molar-refractivity contribution is 5.93. The van der Waals surface area contributed by atoms with Crippen LogP contribution in [0.1, 0.15) is 74.0 Å². The average molecular weight is 403 g/mol. The molecule has 1 amide bonds. The van der Waals surface area contributed by atoms with Gasteiger partial charge < -0.3 is 19.1 Å². The van der Waals surface area contributed by atoms with Gasteiger partial charge in [0.2, 0.25) is 0 Å². The van der Waals surface area contributed by atoms with Crippen LogP contribution >= 0.6 is 0 Å². The van der Waals surface area contributed by atoms with E-state index in [-0.39, 0.29) is 5.91 Å². The molecule has 1 aromatic rings. The van der Waals surface area contributed by atoms with Crippen LogP contribution < -0.4 is 0 Å². The highest BCUT2D eigenvalue weighted by Gasteiger charge is 2.31. The van der Waals surface area contributed by atoms with E-state index in [1.165, 1.54) is 83.8 Å². The first-order valence-electron chi connectivity index (χ1n) is 11.9. The van der Waals surface area contributed by atoms with Crippen LogP contribution in [0.5, 0.6) is 0 Å². The molecule has 3 aliphatic rings. The van der Waals surface area contributed by atoms with Crippen molar-refractivity contribution in [2.45, 2.75) is 70.8 Å². The van der Waals surface area contributed by atoms with Gasteiger partial charge in [0, 0.05) is 32.2 Å². The second kappa shape index (κ2) is 10.1. The summed E-state index contributed by atoms with van der Waals surface area (Å²) in [6.07, 6.45) is 13.3. The van der Waals surface area contributed by atoms with Crippen molar-refractivity contribution < 1.29 is 9.21 Å². The van der Waals surface area contributed by atoms with Crippen molar-refractivity contribution in [3.8, 4) is 0 Å². The highest BCUT2D eigenvalue weighted by Crippen LogP contribution is 2.28. The maximum Gasteiger partial charge on any atom is 0.276 e. The van der Waals surface area contributed by atoms with Gasteiger partial charge >= 0.3 is 0 Å². The summed E-state index contributed by atoms with van der Waals surface area (Å²) in [5, 5.41) is 0. The molecule has 2 saturated heterocycles. The number of oxazole rings is 1. The lowest BCUT2D eigenvalue weighted by Crippen LogP contribution is -2.47. The van der Waals surface area contributed by atoms with E-state index in [2.05, 4.69) is 19.7 Å². The number of rotatable bonds is 7. The van der Waals surface area contributed by atoms with Gasteiger partial charge in [-0.1, -0.05) is 19.3 Å². The Bertz CT molecular complexity index is 649. The van der Waals surface area contributed by atoms with Crippen molar-refractivity contribution in [3.63, 3.8) is 0 Å². The lowest BCUT2D eigenvalue weighted by Gasteiger charge is -2.39. The largest absolute Gasteiger partial charge is 0.448 e. The summed E-state index contributed by atoms with van der Waals surface area (Å²) in [5.41, 5.74) is 0.493. The topological polar surface area (TPSA) is 52.8 Å². The lowest BCUT2D eigenvalue weighted by atomic mass is 9.95. The zero-order valence-corrected chi connectivity index (χ0v) is 18.2. The van der Waals surface area contributed by atoms with E-state index in [0.29, 0.717) is 17.4 Å². The molecule has 0 bridgehead atoms. The number of aromatic nitrogens is 1. The first-order chi connectivity index (χ1) is 14.2.